The summed E-state index contributed by atoms with van der Waals surface area (Å²) < 4.78 is 36.3. The van der Waals surface area contributed by atoms with Gasteiger partial charge in [0.2, 0.25) is 10.0 Å². The van der Waals surface area contributed by atoms with Crippen molar-refractivity contribution < 1.29 is 17.9 Å². The molecule has 1 heterocycles. The van der Waals surface area contributed by atoms with Crippen LogP contribution in [0.2, 0.25) is 0 Å². The summed E-state index contributed by atoms with van der Waals surface area (Å²) in [5.74, 6) is 0.637. The molecule has 10 heteroatoms. The Balaban J connectivity index is 0.00000576. The summed E-state index contributed by atoms with van der Waals surface area (Å²) in [6.45, 7) is 6.96. The van der Waals surface area contributed by atoms with Gasteiger partial charge in [-0.3, -0.25) is 4.99 Å². The van der Waals surface area contributed by atoms with Gasteiger partial charge in [-0.25, -0.2) is 13.1 Å². The van der Waals surface area contributed by atoms with Crippen LogP contribution in [0.3, 0.4) is 0 Å². The van der Waals surface area contributed by atoms with E-state index < -0.39 is 15.6 Å². The third-order valence-electron chi connectivity index (χ3n) is 3.47. The van der Waals surface area contributed by atoms with E-state index in [1.54, 1.807) is 7.05 Å². The molecular weight excluding hydrogens is 459 g/mol. The van der Waals surface area contributed by atoms with Crippen molar-refractivity contribution in [2.45, 2.75) is 44.8 Å². The van der Waals surface area contributed by atoms with E-state index in [0.717, 1.165) is 38.7 Å². The number of halogens is 1. The number of sulfonamides is 1. The molecule has 1 fully saturated rings. The van der Waals surface area contributed by atoms with Crippen molar-refractivity contribution >= 4 is 40.0 Å². The number of ether oxygens (including phenoxy) is 2. The molecule has 0 bridgehead atoms. The minimum atomic E-state index is -3.25. The van der Waals surface area contributed by atoms with Gasteiger partial charge in [0.15, 0.2) is 5.96 Å². The maximum absolute atomic E-state index is 11.3. The highest BCUT2D eigenvalue weighted by Gasteiger charge is 2.22. The highest BCUT2D eigenvalue weighted by atomic mass is 127. The minimum Gasteiger partial charge on any atom is -0.379 e. The van der Waals surface area contributed by atoms with E-state index in [-0.39, 0.29) is 30.1 Å². The molecule has 1 unspecified atom stereocenters. The first-order valence-corrected chi connectivity index (χ1v) is 10.2. The Labute approximate surface area is 169 Å². The molecule has 8 nitrogen and oxygen atoms in total. The fourth-order valence-corrected chi connectivity index (χ4v) is 3.51. The lowest BCUT2D eigenvalue weighted by atomic mass is 10.1. The smallest absolute Gasteiger partial charge is 0.209 e. The summed E-state index contributed by atoms with van der Waals surface area (Å²) >= 11 is 0. The molecule has 1 saturated heterocycles. The molecule has 1 rings (SSSR count). The van der Waals surface area contributed by atoms with Gasteiger partial charge in [-0.1, -0.05) is 0 Å². The molecule has 0 saturated carbocycles. The molecule has 3 N–H and O–H groups in total. The first-order valence-electron chi connectivity index (χ1n) is 8.35. The largest absolute Gasteiger partial charge is 0.379 e. The quantitative estimate of drug-likeness (QED) is 0.180. The van der Waals surface area contributed by atoms with Gasteiger partial charge in [-0.05, 0) is 33.1 Å². The maximum atomic E-state index is 11.3. The number of guanidine groups is 1. The fraction of sp³-hybridized carbons (Fsp3) is 0.933. The molecule has 1 aliphatic heterocycles. The van der Waals surface area contributed by atoms with Crippen molar-refractivity contribution in [3.63, 3.8) is 0 Å². The summed E-state index contributed by atoms with van der Waals surface area (Å²) in [4.78, 5) is 4.12. The van der Waals surface area contributed by atoms with E-state index in [0.29, 0.717) is 25.7 Å². The Morgan fingerprint density at radius 2 is 2.08 bits per heavy atom. The number of hydrogen-bond donors (Lipinski definition) is 3. The van der Waals surface area contributed by atoms with Crippen molar-refractivity contribution in [2.75, 3.05) is 46.2 Å². The van der Waals surface area contributed by atoms with Crippen LogP contribution in [0.4, 0.5) is 0 Å². The minimum absolute atomic E-state index is 0. The van der Waals surface area contributed by atoms with Crippen molar-refractivity contribution in [3.05, 3.63) is 0 Å². The van der Waals surface area contributed by atoms with E-state index in [1.807, 2.05) is 13.8 Å². The third kappa shape index (κ3) is 12.8. The molecule has 0 amide bonds. The van der Waals surface area contributed by atoms with Gasteiger partial charge in [0.25, 0.3) is 0 Å². The number of rotatable bonds is 10. The second-order valence-electron chi connectivity index (χ2n) is 6.67. The standard InChI is InChI=1S/C15H32N4O4S.HI/c1-15(2,19-24(4,20)21)12-18-14(16-3)17-8-6-9-22-11-13-7-5-10-23-13;/h13,19H,5-12H2,1-4H3,(H2,16,17,18);1H. The van der Waals surface area contributed by atoms with Crippen LogP contribution in [0.1, 0.15) is 33.1 Å². The molecule has 1 atom stereocenters. The zero-order valence-electron chi connectivity index (χ0n) is 15.6. The van der Waals surface area contributed by atoms with Crippen LogP contribution >= 0.6 is 24.0 Å². The van der Waals surface area contributed by atoms with Crippen molar-refractivity contribution in [1.29, 1.82) is 0 Å². The first kappa shape index (κ1) is 24.8. The molecule has 0 aliphatic carbocycles. The van der Waals surface area contributed by atoms with E-state index in [9.17, 15) is 8.42 Å². The van der Waals surface area contributed by atoms with Crippen LogP contribution in [0.5, 0.6) is 0 Å². The topological polar surface area (TPSA) is 101 Å². The molecule has 0 aromatic rings. The maximum Gasteiger partial charge on any atom is 0.209 e. The molecule has 0 aromatic carbocycles. The molecule has 150 valence electrons. The lowest BCUT2D eigenvalue weighted by Gasteiger charge is -2.26. The lowest BCUT2D eigenvalue weighted by Crippen LogP contribution is -2.53. The van der Waals surface area contributed by atoms with Crippen LogP contribution in [-0.2, 0) is 19.5 Å². The molecule has 0 radical (unpaired) electrons. The average molecular weight is 492 g/mol. The summed E-state index contributed by atoms with van der Waals surface area (Å²) in [6, 6.07) is 0. The second-order valence-corrected chi connectivity index (χ2v) is 8.42. The monoisotopic (exact) mass is 492 g/mol. The van der Waals surface area contributed by atoms with Gasteiger partial charge in [0.1, 0.15) is 0 Å². The summed E-state index contributed by atoms with van der Waals surface area (Å²) in [6.07, 6.45) is 4.49. The van der Waals surface area contributed by atoms with Crippen LogP contribution in [-0.4, -0.2) is 72.2 Å². The first-order chi connectivity index (χ1) is 11.2. The number of nitrogens with zero attached hydrogens (tertiary/aromatic N) is 1. The third-order valence-corrected chi connectivity index (χ3v) is 4.39. The van der Waals surface area contributed by atoms with Crippen molar-refractivity contribution in [3.8, 4) is 0 Å². The number of aliphatic imine (C=N–C) groups is 1. The Morgan fingerprint density at radius 1 is 1.36 bits per heavy atom. The Morgan fingerprint density at radius 3 is 2.64 bits per heavy atom. The van der Waals surface area contributed by atoms with Gasteiger partial charge >= 0.3 is 0 Å². The van der Waals surface area contributed by atoms with Gasteiger partial charge in [-0.15, -0.1) is 24.0 Å². The Kier molecular flexibility index (Phi) is 12.2. The molecule has 0 aromatic heterocycles. The molecule has 1 aliphatic rings. The fourth-order valence-electron chi connectivity index (χ4n) is 2.43. The molecular formula is C15H33IN4O4S. The van der Waals surface area contributed by atoms with Gasteiger partial charge in [0.05, 0.1) is 19.0 Å². The van der Waals surface area contributed by atoms with E-state index >= 15 is 0 Å². The van der Waals surface area contributed by atoms with Gasteiger partial charge in [-0.2, -0.15) is 0 Å². The lowest BCUT2D eigenvalue weighted by molar-refractivity contribution is 0.0168. The predicted octanol–water partition coefficient (Wildman–Crippen LogP) is 0.683. The zero-order chi connectivity index (χ0) is 18.1. The molecule has 0 spiro atoms. The SMILES string of the molecule is CN=C(NCCCOCC1CCCO1)NCC(C)(C)NS(C)(=O)=O.I. The highest BCUT2D eigenvalue weighted by Crippen LogP contribution is 2.11. The summed E-state index contributed by atoms with van der Waals surface area (Å²) in [5.41, 5.74) is -0.602. The van der Waals surface area contributed by atoms with Gasteiger partial charge < -0.3 is 20.1 Å². The zero-order valence-corrected chi connectivity index (χ0v) is 18.8. The van der Waals surface area contributed by atoms with E-state index in [1.165, 1.54) is 0 Å². The van der Waals surface area contributed by atoms with E-state index in [2.05, 4.69) is 20.3 Å². The normalized spacial score (nSPS) is 18.7. The Hall–Kier alpha value is -0.170. The molecule has 25 heavy (non-hydrogen) atoms. The highest BCUT2D eigenvalue weighted by molar-refractivity contribution is 14.0. The predicted molar refractivity (Wildman–Crippen MR) is 111 cm³/mol. The summed E-state index contributed by atoms with van der Waals surface area (Å²) in [7, 11) is -1.57. The van der Waals surface area contributed by atoms with Crippen LogP contribution in [0.15, 0.2) is 4.99 Å². The van der Waals surface area contributed by atoms with Crippen molar-refractivity contribution in [1.82, 2.24) is 15.4 Å². The van der Waals surface area contributed by atoms with Crippen LogP contribution in [0, 0.1) is 0 Å². The Bertz CT molecular complexity index is 494. The number of hydrogen-bond acceptors (Lipinski definition) is 5. The van der Waals surface area contributed by atoms with Crippen LogP contribution < -0.4 is 15.4 Å². The summed E-state index contributed by atoms with van der Waals surface area (Å²) in [5, 5.41) is 6.30. The van der Waals surface area contributed by atoms with E-state index in [4.69, 9.17) is 9.47 Å². The number of nitrogens with one attached hydrogen (secondary N) is 3. The average Bonchev–Trinajstić information content (AvgIpc) is 2.96. The van der Waals surface area contributed by atoms with Crippen LogP contribution in [0.25, 0.3) is 0 Å². The second kappa shape index (κ2) is 12.3. The van der Waals surface area contributed by atoms with Crippen molar-refractivity contribution in [2.24, 2.45) is 4.99 Å². The van der Waals surface area contributed by atoms with Gasteiger partial charge in [0, 0.05) is 38.9 Å².